The van der Waals surface area contributed by atoms with Crippen LogP contribution in [0.25, 0.3) is 0 Å². The van der Waals surface area contributed by atoms with Gasteiger partial charge in [0.1, 0.15) is 16.2 Å². The molecule has 1 atom stereocenters. The average molecular weight is 664 g/mol. The van der Waals surface area contributed by atoms with E-state index in [4.69, 9.17) is 4.74 Å². The van der Waals surface area contributed by atoms with Gasteiger partial charge in [-0.15, -0.1) is 0 Å². The van der Waals surface area contributed by atoms with Gasteiger partial charge in [-0.25, -0.2) is 25.6 Å². The molecule has 0 radical (unpaired) electrons. The van der Waals surface area contributed by atoms with Crippen molar-refractivity contribution in [2.75, 3.05) is 31.7 Å². The van der Waals surface area contributed by atoms with Crippen LogP contribution in [0.2, 0.25) is 0 Å². The Balaban J connectivity index is 1.81. The zero-order valence-electron chi connectivity index (χ0n) is 22.3. The number of carbonyl (C=O) groups is 1. The van der Waals surface area contributed by atoms with Crippen LogP contribution in [0.4, 0.5) is 35.1 Å². The first-order valence-corrected chi connectivity index (χ1v) is 15.9. The van der Waals surface area contributed by atoms with Gasteiger partial charge in [0.15, 0.2) is 19.7 Å². The molecule has 2 fully saturated rings. The normalized spacial score (nSPS) is 22.9. The summed E-state index contributed by atoms with van der Waals surface area (Å²) in [5.74, 6) is -2.32. The highest BCUT2D eigenvalue weighted by atomic mass is 32.2. The Morgan fingerprint density at radius 2 is 1.37 bits per heavy atom. The summed E-state index contributed by atoms with van der Waals surface area (Å²) in [5.41, 5.74) is -9.57. The number of nitrogens with zero attached hydrogens (tertiary/aromatic N) is 1. The van der Waals surface area contributed by atoms with Crippen LogP contribution in [-0.4, -0.2) is 77.3 Å². The molecular weight excluding hydrogens is 638 g/mol. The number of likely N-dealkylation sites (tertiary alicyclic amines) is 1. The predicted octanol–water partition coefficient (Wildman–Crippen LogP) is 4.61. The Bertz CT molecular complexity index is 1560. The molecule has 17 heteroatoms. The number of hydrogen-bond donors (Lipinski definition) is 0. The minimum absolute atomic E-state index is 0.186. The molecule has 2 aliphatic rings. The fourth-order valence-electron chi connectivity index (χ4n) is 5.56. The van der Waals surface area contributed by atoms with Gasteiger partial charge in [0.2, 0.25) is 0 Å². The lowest BCUT2D eigenvalue weighted by atomic mass is 9.90. The van der Waals surface area contributed by atoms with Gasteiger partial charge in [-0.2, -0.15) is 26.3 Å². The fraction of sp³-hybridized carbons (Fsp3) is 0.500. The number of methoxy groups -OCH3 is 1. The topological polar surface area (TPSA) is 97.8 Å². The molecule has 0 N–H and O–H groups in total. The van der Waals surface area contributed by atoms with E-state index in [1.54, 1.807) is 0 Å². The molecule has 0 bridgehead atoms. The molecule has 7 nitrogen and oxygen atoms in total. The summed E-state index contributed by atoms with van der Waals surface area (Å²) in [5, 5.41) is 0. The first-order chi connectivity index (χ1) is 19.7. The molecule has 0 aromatic heterocycles. The molecule has 0 spiro atoms. The third kappa shape index (κ3) is 5.41. The second-order valence-electron chi connectivity index (χ2n) is 10.5. The van der Waals surface area contributed by atoms with Gasteiger partial charge in [0.25, 0.3) is 5.91 Å². The Labute approximate surface area is 241 Å². The van der Waals surface area contributed by atoms with E-state index >= 15 is 0 Å². The number of alkyl halides is 7. The van der Waals surface area contributed by atoms with Crippen LogP contribution in [0.5, 0.6) is 0 Å². The fourth-order valence-corrected chi connectivity index (χ4v) is 9.12. The quantitative estimate of drug-likeness (QED) is 0.331. The summed E-state index contributed by atoms with van der Waals surface area (Å²) in [6.07, 6.45) is -13.7. The number of sulfone groups is 2. The summed E-state index contributed by atoms with van der Waals surface area (Å²) >= 11 is 0. The highest BCUT2D eigenvalue weighted by Gasteiger charge is 2.73. The third-order valence-electron chi connectivity index (χ3n) is 8.16. The zero-order chi connectivity index (χ0) is 32.3. The van der Waals surface area contributed by atoms with E-state index in [2.05, 4.69) is 0 Å². The number of amides is 1. The number of halogens is 8. The standard InChI is InChI=1S/C26H25F8NO6S2/c1-41-22(11-14-42(37,38)15-12-22)21(36)35-13-10-23(16-35,43(39,40)20-8-6-19(27)7-9-20)17-2-4-18(5-3-17)24(28,25(29,30)31)26(32,33)34/h2-9H,10-16H2,1H3/t23-/m0/s1. The first kappa shape index (κ1) is 33.1. The van der Waals surface area contributed by atoms with E-state index in [9.17, 15) is 56.8 Å². The van der Waals surface area contributed by atoms with E-state index in [-0.39, 0.29) is 48.6 Å². The van der Waals surface area contributed by atoms with Crippen LogP contribution < -0.4 is 0 Å². The number of ether oxygens (including phenoxy) is 1. The molecule has 0 aliphatic carbocycles. The third-order valence-corrected chi connectivity index (χ3v) is 12.3. The van der Waals surface area contributed by atoms with Crippen LogP contribution in [0, 0.1) is 5.82 Å². The summed E-state index contributed by atoms with van der Waals surface area (Å²) in [7, 11) is -6.93. The monoisotopic (exact) mass is 663 g/mol. The molecular formula is C26H25F8NO6S2. The van der Waals surface area contributed by atoms with Crippen LogP contribution in [0.3, 0.4) is 0 Å². The van der Waals surface area contributed by atoms with E-state index in [1.807, 2.05) is 0 Å². The smallest absolute Gasteiger partial charge is 0.368 e. The molecule has 2 aromatic carbocycles. The van der Waals surface area contributed by atoms with Gasteiger partial charge in [0.05, 0.1) is 16.4 Å². The zero-order valence-corrected chi connectivity index (χ0v) is 23.9. The second-order valence-corrected chi connectivity index (χ2v) is 15.1. The summed E-state index contributed by atoms with van der Waals surface area (Å²) in [6.45, 7) is -0.945. The maximum atomic E-state index is 14.7. The Hall–Kier alpha value is -2.79. The number of rotatable bonds is 6. The van der Waals surface area contributed by atoms with Gasteiger partial charge < -0.3 is 9.64 Å². The Morgan fingerprint density at radius 1 is 0.860 bits per heavy atom. The largest absolute Gasteiger partial charge is 0.435 e. The maximum absolute atomic E-state index is 14.7. The maximum Gasteiger partial charge on any atom is 0.435 e. The molecule has 2 saturated heterocycles. The minimum Gasteiger partial charge on any atom is -0.368 e. The van der Waals surface area contributed by atoms with Crippen molar-refractivity contribution in [3.05, 3.63) is 65.5 Å². The van der Waals surface area contributed by atoms with Crippen LogP contribution >= 0.6 is 0 Å². The lowest BCUT2D eigenvalue weighted by Crippen LogP contribution is -2.54. The van der Waals surface area contributed by atoms with Crippen molar-refractivity contribution < 1.29 is 61.5 Å². The average Bonchev–Trinajstić information content (AvgIpc) is 3.39. The highest BCUT2D eigenvalue weighted by Crippen LogP contribution is 2.54. The molecule has 2 heterocycles. The lowest BCUT2D eigenvalue weighted by Gasteiger charge is -2.38. The summed E-state index contributed by atoms with van der Waals surface area (Å²) < 4.78 is 163. The SMILES string of the molecule is COC1(C(=O)N2CC[C@](c3ccc(C(F)(C(F)(F)F)C(F)(F)F)cc3)(S(=O)(=O)c3ccc(F)cc3)C2)CCS(=O)(=O)CC1. The van der Waals surface area contributed by atoms with E-state index < -0.39 is 83.2 Å². The molecule has 0 unspecified atom stereocenters. The van der Waals surface area contributed by atoms with E-state index in [1.165, 1.54) is 7.11 Å². The highest BCUT2D eigenvalue weighted by molar-refractivity contribution is 7.92. The molecule has 238 valence electrons. The molecule has 4 rings (SSSR count). The molecule has 2 aromatic rings. The van der Waals surface area contributed by atoms with Crippen LogP contribution in [-0.2, 0) is 39.6 Å². The Morgan fingerprint density at radius 3 is 1.84 bits per heavy atom. The van der Waals surface area contributed by atoms with Crippen molar-refractivity contribution in [3.8, 4) is 0 Å². The van der Waals surface area contributed by atoms with Crippen molar-refractivity contribution in [1.82, 2.24) is 4.90 Å². The molecule has 1 amide bonds. The van der Waals surface area contributed by atoms with Crippen molar-refractivity contribution in [2.24, 2.45) is 0 Å². The van der Waals surface area contributed by atoms with Crippen molar-refractivity contribution in [3.63, 3.8) is 0 Å². The van der Waals surface area contributed by atoms with Gasteiger partial charge in [0, 0.05) is 25.8 Å². The molecule has 2 aliphatic heterocycles. The van der Waals surface area contributed by atoms with Gasteiger partial charge in [-0.3, -0.25) is 4.79 Å². The predicted molar refractivity (Wildman–Crippen MR) is 135 cm³/mol. The minimum atomic E-state index is -6.40. The van der Waals surface area contributed by atoms with E-state index in [0.29, 0.717) is 12.1 Å². The molecule has 43 heavy (non-hydrogen) atoms. The first-order valence-electron chi connectivity index (χ1n) is 12.6. The number of benzene rings is 2. The number of carbonyl (C=O) groups excluding carboxylic acids is 1. The van der Waals surface area contributed by atoms with E-state index in [0.717, 1.165) is 29.2 Å². The van der Waals surface area contributed by atoms with Crippen molar-refractivity contribution in [2.45, 2.75) is 52.5 Å². The number of hydrogen-bond acceptors (Lipinski definition) is 6. The second kappa shape index (κ2) is 10.7. The van der Waals surface area contributed by atoms with Gasteiger partial charge >= 0.3 is 18.0 Å². The van der Waals surface area contributed by atoms with Gasteiger partial charge in [-0.1, -0.05) is 24.3 Å². The van der Waals surface area contributed by atoms with Crippen molar-refractivity contribution >= 4 is 25.6 Å². The summed E-state index contributed by atoms with van der Waals surface area (Å²) in [4.78, 5) is 14.3. The van der Waals surface area contributed by atoms with Gasteiger partial charge in [-0.05, 0) is 49.1 Å². The van der Waals surface area contributed by atoms with Crippen molar-refractivity contribution in [1.29, 1.82) is 0 Å². The summed E-state index contributed by atoms with van der Waals surface area (Å²) in [6, 6.07) is 5.09. The Kier molecular flexibility index (Phi) is 8.22. The van der Waals surface area contributed by atoms with Crippen LogP contribution in [0.15, 0.2) is 53.4 Å². The molecule has 0 saturated carbocycles. The lowest BCUT2D eigenvalue weighted by molar-refractivity contribution is -0.348. The van der Waals surface area contributed by atoms with Crippen LogP contribution in [0.1, 0.15) is 30.4 Å².